The lowest BCUT2D eigenvalue weighted by molar-refractivity contribution is -0.135. The van der Waals surface area contributed by atoms with E-state index in [1.54, 1.807) is 36.5 Å². The molecular formula is C62H95N17O9. The van der Waals surface area contributed by atoms with Gasteiger partial charge < -0.3 is 75.1 Å². The van der Waals surface area contributed by atoms with E-state index in [2.05, 4.69) is 79.9 Å². The van der Waals surface area contributed by atoms with E-state index in [0.29, 0.717) is 50.0 Å². The summed E-state index contributed by atoms with van der Waals surface area (Å²) in [5.41, 5.74) is 22.1. The highest BCUT2D eigenvalue weighted by atomic mass is 16.2. The van der Waals surface area contributed by atoms with Crippen molar-refractivity contribution in [2.45, 2.75) is 192 Å². The fraction of sp³-hybridized carbons (Fsp3) is 0.548. The lowest BCUT2D eigenvalue weighted by Gasteiger charge is -2.27. The van der Waals surface area contributed by atoms with Gasteiger partial charge in [0, 0.05) is 74.3 Å². The quantitative estimate of drug-likeness (QED) is 0.0131. The number of aromatic nitrogens is 3. The summed E-state index contributed by atoms with van der Waals surface area (Å²) < 4.78 is 0. The number of primary amides is 1. The summed E-state index contributed by atoms with van der Waals surface area (Å²) in [5, 5.41) is 26.4. The SMILES string of the molecule is CCCCCCCCCCCCCC(=O)NCCCNC(=O)/C=N/NCC(=O)N[C@@H](CCCC)C(=O)N[C@@H](C)C(=O)N[C@@H](Cc1cnc[nH]1)C(=O)N[C@H](Cc1ccccc1)C(=O)N[C@@H](CCCN=C(N)N)C(=O)N[C@@H](Cc1c[nH]c2ccccc12)C(N)=O. The zero-order valence-corrected chi connectivity index (χ0v) is 51.4. The molecule has 4 rings (SSSR count). The number of rotatable bonds is 45. The van der Waals surface area contributed by atoms with Crippen LogP contribution in [0.1, 0.15) is 153 Å². The number of H-pyrrole nitrogens is 2. The molecule has 0 aliphatic heterocycles. The summed E-state index contributed by atoms with van der Waals surface area (Å²) in [6.45, 7) is 5.97. The third-order valence-corrected chi connectivity index (χ3v) is 14.6. The number of guanidine groups is 1. The lowest BCUT2D eigenvalue weighted by Crippen LogP contribution is -2.60. The third kappa shape index (κ3) is 28.6. The fourth-order valence-corrected chi connectivity index (χ4v) is 9.65. The second-order valence-corrected chi connectivity index (χ2v) is 22.0. The van der Waals surface area contributed by atoms with E-state index in [4.69, 9.17) is 17.2 Å². The Kier molecular flexibility index (Phi) is 33.6. The highest BCUT2D eigenvalue weighted by Gasteiger charge is 2.33. The number of amides is 9. The van der Waals surface area contributed by atoms with Crippen LogP contribution in [0.25, 0.3) is 10.9 Å². The smallest absolute Gasteiger partial charge is 0.264 e. The number of carbonyl (C=O) groups is 9. The van der Waals surface area contributed by atoms with E-state index in [1.807, 2.05) is 31.2 Å². The number of hydrazone groups is 1. The first-order valence-corrected chi connectivity index (χ1v) is 31.0. The molecule has 0 saturated heterocycles. The van der Waals surface area contributed by atoms with E-state index in [1.165, 1.54) is 70.8 Å². The molecule has 482 valence electrons. The van der Waals surface area contributed by atoms with Crippen LogP contribution in [0, 0.1) is 0 Å². The molecule has 4 aromatic rings. The maximum Gasteiger partial charge on any atom is 0.264 e. The van der Waals surface area contributed by atoms with E-state index >= 15 is 0 Å². The van der Waals surface area contributed by atoms with Crippen LogP contribution in [0.4, 0.5) is 0 Å². The minimum absolute atomic E-state index is 0.000432. The van der Waals surface area contributed by atoms with Crippen LogP contribution < -0.4 is 65.2 Å². The van der Waals surface area contributed by atoms with Crippen molar-refractivity contribution < 1.29 is 43.2 Å². The van der Waals surface area contributed by atoms with Crippen LogP contribution in [-0.4, -0.2) is 143 Å². The van der Waals surface area contributed by atoms with E-state index in [-0.39, 0.29) is 63.5 Å². The second kappa shape index (κ2) is 41.3. The molecule has 9 amide bonds. The summed E-state index contributed by atoms with van der Waals surface area (Å²) in [4.78, 5) is 135. The molecule has 2 aromatic carbocycles. The van der Waals surface area contributed by atoms with Crippen molar-refractivity contribution >= 4 is 76.2 Å². The number of nitrogens with one attached hydrogen (secondary N) is 11. The highest BCUT2D eigenvalue weighted by Crippen LogP contribution is 2.20. The van der Waals surface area contributed by atoms with Gasteiger partial charge in [0.05, 0.1) is 6.33 Å². The number of aliphatic imine (C=N–C) groups is 1. The molecule has 17 N–H and O–H groups in total. The molecule has 0 unspecified atom stereocenters. The molecule has 88 heavy (non-hydrogen) atoms. The Morgan fingerprint density at radius 1 is 0.568 bits per heavy atom. The third-order valence-electron chi connectivity index (χ3n) is 14.6. The second-order valence-electron chi connectivity index (χ2n) is 22.0. The first-order valence-electron chi connectivity index (χ1n) is 31.0. The van der Waals surface area contributed by atoms with E-state index < -0.39 is 83.5 Å². The van der Waals surface area contributed by atoms with E-state index in [0.717, 1.165) is 41.9 Å². The topological polar surface area (TPSA) is 409 Å². The minimum Gasteiger partial charge on any atom is -0.370 e. The molecule has 0 radical (unpaired) electrons. The largest absolute Gasteiger partial charge is 0.370 e. The van der Waals surface area contributed by atoms with Crippen molar-refractivity contribution in [3.8, 4) is 0 Å². The monoisotopic (exact) mass is 1220 g/mol. The van der Waals surface area contributed by atoms with Gasteiger partial charge in [-0.2, -0.15) is 5.10 Å². The number of hydrogen-bond acceptors (Lipinski definition) is 13. The molecule has 0 saturated carbocycles. The number of fused-ring (bicyclic) bond motifs is 1. The van der Waals surface area contributed by atoms with Gasteiger partial charge in [-0.3, -0.25) is 48.1 Å². The number of imidazole rings is 1. The molecule has 6 atom stereocenters. The van der Waals surface area contributed by atoms with Crippen LogP contribution in [0.2, 0.25) is 0 Å². The van der Waals surface area contributed by atoms with Gasteiger partial charge in [0.15, 0.2) is 5.96 Å². The Balaban J connectivity index is 1.32. The molecule has 26 heteroatoms. The fourth-order valence-electron chi connectivity index (χ4n) is 9.65. The number of carbonyl (C=O) groups excluding carboxylic acids is 9. The number of benzene rings is 2. The standard InChI is InChI=1S/C62H95N17O9/c1-4-6-8-9-10-11-12-13-14-15-19-30-53(80)67-32-23-33-68-54(81)39-72-73-40-55(82)75-48(27-7-5-2)58(85)74-42(3)57(84)78-52(36-45-38-66-41-71-45)61(88)79-51(34-43-24-17-16-18-25-43)60(87)76-49(29-22-31-69-62(64)65)59(86)77-50(56(63)83)35-44-37-70-47-28-21-20-26-46(44)47/h16-18,20-21,24-26,28,37-39,41-42,48-52,70,73H,4-15,19,22-23,27,29-36,40H2,1-3H3,(H2,63,83)(H,66,71)(H,67,80)(H,68,81)(H,74,85)(H,75,82)(H,76,87)(H,77,86)(H,78,84)(H,79,88)(H4,64,65,69)/b72-39+/t42-,48-,49-,50-,51+,52-/m0/s1. The lowest BCUT2D eigenvalue weighted by atomic mass is 10.0. The zero-order valence-electron chi connectivity index (χ0n) is 51.4. The van der Waals surface area contributed by atoms with Crippen LogP contribution in [0.5, 0.6) is 0 Å². The van der Waals surface area contributed by atoms with Gasteiger partial charge in [0.25, 0.3) is 5.91 Å². The molecule has 0 fully saturated rings. The molecule has 0 spiro atoms. The first-order chi connectivity index (χ1) is 42.5. The van der Waals surface area contributed by atoms with Crippen LogP contribution in [0.3, 0.4) is 0 Å². The normalized spacial score (nSPS) is 13.2. The van der Waals surface area contributed by atoms with Crippen molar-refractivity contribution in [2.75, 3.05) is 26.2 Å². The molecule has 2 heterocycles. The van der Waals surface area contributed by atoms with Gasteiger partial charge in [0.1, 0.15) is 49.0 Å². The van der Waals surface area contributed by atoms with Gasteiger partial charge in [-0.05, 0) is 56.2 Å². The van der Waals surface area contributed by atoms with E-state index in [9.17, 15) is 43.2 Å². The minimum atomic E-state index is -1.36. The Morgan fingerprint density at radius 3 is 1.82 bits per heavy atom. The Labute approximate surface area is 515 Å². The predicted octanol–water partition coefficient (Wildman–Crippen LogP) is 2.48. The summed E-state index contributed by atoms with van der Waals surface area (Å²) >= 11 is 0. The molecular weight excluding hydrogens is 1130 g/mol. The number of nitrogens with zero attached hydrogens (tertiary/aromatic N) is 3. The van der Waals surface area contributed by atoms with Gasteiger partial charge in [-0.15, -0.1) is 0 Å². The van der Waals surface area contributed by atoms with Crippen LogP contribution in [0.15, 0.2) is 83.4 Å². The van der Waals surface area contributed by atoms with Crippen molar-refractivity contribution in [3.05, 3.63) is 90.1 Å². The summed E-state index contributed by atoms with van der Waals surface area (Å²) in [7, 11) is 0. The summed E-state index contributed by atoms with van der Waals surface area (Å²) in [6, 6.07) is 8.72. The van der Waals surface area contributed by atoms with Crippen molar-refractivity contribution in [2.24, 2.45) is 27.3 Å². The maximum atomic E-state index is 14.5. The number of nitrogens with two attached hydrogens (primary N) is 3. The molecule has 0 aliphatic rings. The summed E-state index contributed by atoms with van der Waals surface area (Å²) in [6.07, 6.45) is 21.4. The summed E-state index contributed by atoms with van der Waals surface area (Å²) in [5.74, 6) is -5.89. The number of aromatic amines is 2. The Morgan fingerprint density at radius 2 is 1.15 bits per heavy atom. The number of hydrogen-bond donors (Lipinski definition) is 14. The first kappa shape index (κ1) is 71.6. The van der Waals surface area contributed by atoms with Gasteiger partial charge in [-0.25, -0.2) is 4.98 Å². The molecule has 26 nitrogen and oxygen atoms in total. The molecule has 2 aromatic heterocycles. The molecule has 0 aliphatic carbocycles. The number of unbranched alkanes of at least 4 members (excludes halogenated alkanes) is 11. The van der Waals surface area contributed by atoms with Gasteiger partial charge in [0.2, 0.25) is 47.3 Å². The van der Waals surface area contributed by atoms with Crippen LogP contribution >= 0.6 is 0 Å². The number of para-hydroxylation sites is 1. The Hall–Kier alpha value is -8.84. The highest BCUT2D eigenvalue weighted by molar-refractivity contribution is 6.26. The maximum absolute atomic E-state index is 14.5. The zero-order chi connectivity index (χ0) is 63.9. The Bertz CT molecular complexity index is 2840. The van der Waals surface area contributed by atoms with Crippen molar-refractivity contribution in [1.82, 2.24) is 62.9 Å². The average Bonchev–Trinajstić information content (AvgIpc) is 3.89. The average molecular weight is 1220 g/mol. The van der Waals surface area contributed by atoms with Crippen molar-refractivity contribution in [1.29, 1.82) is 0 Å². The predicted molar refractivity (Wildman–Crippen MR) is 339 cm³/mol. The van der Waals surface area contributed by atoms with Crippen LogP contribution in [-0.2, 0) is 62.4 Å². The van der Waals surface area contributed by atoms with Crippen molar-refractivity contribution in [3.63, 3.8) is 0 Å². The van der Waals surface area contributed by atoms with Gasteiger partial charge in [-0.1, -0.05) is 139 Å². The van der Waals surface area contributed by atoms with Gasteiger partial charge >= 0.3 is 0 Å². The molecule has 0 bridgehead atoms.